The van der Waals surface area contributed by atoms with Gasteiger partial charge in [0.05, 0.1) is 23.1 Å². The number of anilines is 1. The molecule has 30 heavy (non-hydrogen) atoms. The summed E-state index contributed by atoms with van der Waals surface area (Å²) < 4.78 is 0. The zero-order chi connectivity index (χ0) is 20.7. The van der Waals surface area contributed by atoms with Gasteiger partial charge in [-0.2, -0.15) is 10.5 Å². The molecule has 2 aliphatic heterocycles. The van der Waals surface area contributed by atoms with Crippen molar-refractivity contribution in [2.45, 2.75) is 18.0 Å². The second-order valence-electron chi connectivity index (χ2n) is 7.54. The third kappa shape index (κ3) is 2.46. The lowest BCUT2D eigenvalue weighted by molar-refractivity contribution is 0.0955. The lowest BCUT2D eigenvalue weighted by atomic mass is 9.69. The number of hydrogen-bond donors (Lipinski definition) is 0. The predicted octanol–water partition coefficient (Wildman–Crippen LogP) is 5.03. The van der Waals surface area contributed by atoms with Crippen LogP contribution in [0.25, 0.3) is 6.08 Å². The minimum Gasteiger partial charge on any atom is -0.351 e. The monoisotopic (exact) mass is 407 g/mol. The zero-order valence-electron chi connectivity index (χ0n) is 16.0. The second kappa shape index (κ2) is 6.99. The predicted molar refractivity (Wildman–Crippen MR) is 117 cm³/mol. The lowest BCUT2D eigenvalue weighted by Crippen LogP contribution is -2.44. The first kappa shape index (κ1) is 18.4. The standard InChI is InChI=1S/C25H17N3OS/c26-15-25(16-27)21-13-12-17-7-4-5-10-19(17)28(21)23(24(29)20-11-6-14-30-20)22(25)18-8-2-1-3-9-18/h1-14,21-23H/t21-,22-,23+/m1/s1. The molecule has 0 spiro atoms. The Hall–Kier alpha value is -3.67. The van der Waals surface area contributed by atoms with Crippen LogP contribution in [0, 0.1) is 28.1 Å². The molecule has 0 N–H and O–H groups in total. The van der Waals surface area contributed by atoms with Crippen molar-refractivity contribution in [3.05, 3.63) is 94.2 Å². The topological polar surface area (TPSA) is 67.9 Å². The average molecular weight is 407 g/mol. The molecular weight excluding hydrogens is 390 g/mol. The quantitative estimate of drug-likeness (QED) is 0.571. The normalized spacial score (nSPS) is 23.1. The summed E-state index contributed by atoms with van der Waals surface area (Å²) in [4.78, 5) is 16.4. The van der Waals surface area contributed by atoms with Gasteiger partial charge in [0.1, 0.15) is 6.04 Å². The number of carbonyl (C=O) groups excluding carboxylic acids is 1. The molecule has 0 amide bonds. The van der Waals surface area contributed by atoms with Gasteiger partial charge in [-0.1, -0.05) is 66.7 Å². The van der Waals surface area contributed by atoms with Gasteiger partial charge in [-0.15, -0.1) is 11.3 Å². The maximum atomic E-state index is 13.8. The van der Waals surface area contributed by atoms with E-state index in [1.807, 2.05) is 89.2 Å². The van der Waals surface area contributed by atoms with Gasteiger partial charge in [0, 0.05) is 11.6 Å². The number of rotatable bonds is 3. The van der Waals surface area contributed by atoms with Gasteiger partial charge >= 0.3 is 0 Å². The summed E-state index contributed by atoms with van der Waals surface area (Å²) in [5.74, 6) is -0.634. The van der Waals surface area contributed by atoms with Crippen molar-refractivity contribution < 1.29 is 4.79 Å². The summed E-state index contributed by atoms with van der Waals surface area (Å²) in [5, 5.41) is 22.5. The molecule has 1 aromatic heterocycles. The van der Waals surface area contributed by atoms with Crippen LogP contribution in [0.4, 0.5) is 5.69 Å². The summed E-state index contributed by atoms with van der Waals surface area (Å²) in [5.41, 5.74) is 1.31. The molecule has 0 unspecified atom stereocenters. The number of ketones is 1. The van der Waals surface area contributed by atoms with Crippen molar-refractivity contribution in [1.29, 1.82) is 10.5 Å². The fourth-order valence-electron chi connectivity index (χ4n) is 4.83. The molecule has 0 bridgehead atoms. The SMILES string of the molecule is N#CC1(C#N)[C@H](c2ccccc2)[C@@H](C(=O)c2cccs2)N2c3ccccc3C=C[C@@H]21. The molecule has 144 valence electrons. The molecular formula is C25H17N3OS. The Kier molecular flexibility index (Phi) is 4.28. The van der Waals surface area contributed by atoms with Crippen LogP contribution in [0.5, 0.6) is 0 Å². The number of thiophene rings is 1. The number of fused-ring (bicyclic) bond motifs is 3. The minimum atomic E-state index is -1.39. The van der Waals surface area contributed by atoms with Crippen molar-refractivity contribution in [3.63, 3.8) is 0 Å². The van der Waals surface area contributed by atoms with E-state index in [2.05, 4.69) is 12.1 Å². The van der Waals surface area contributed by atoms with Gasteiger partial charge in [-0.3, -0.25) is 4.79 Å². The fourth-order valence-corrected chi connectivity index (χ4v) is 5.53. The van der Waals surface area contributed by atoms with Crippen LogP contribution >= 0.6 is 11.3 Å². The highest BCUT2D eigenvalue weighted by molar-refractivity contribution is 7.12. The molecule has 1 fully saturated rings. The van der Waals surface area contributed by atoms with Gasteiger partial charge in [-0.25, -0.2) is 0 Å². The molecule has 3 aromatic rings. The van der Waals surface area contributed by atoms with Gasteiger partial charge in [0.2, 0.25) is 0 Å². The number of hydrogen-bond acceptors (Lipinski definition) is 5. The van der Waals surface area contributed by atoms with E-state index in [0.717, 1.165) is 16.8 Å². The van der Waals surface area contributed by atoms with Crippen molar-refractivity contribution in [2.24, 2.45) is 5.41 Å². The van der Waals surface area contributed by atoms with Crippen LogP contribution in [0.15, 0.2) is 78.2 Å². The number of Topliss-reactive ketones (excluding diaryl/α,β-unsaturated/α-hetero) is 1. The first-order valence-electron chi connectivity index (χ1n) is 9.72. The van der Waals surface area contributed by atoms with Crippen molar-refractivity contribution in [3.8, 4) is 12.1 Å². The van der Waals surface area contributed by atoms with E-state index < -0.39 is 23.4 Å². The Labute approximate surface area is 178 Å². The number of benzene rings is 2. The molecule has 5 rings (SSSR count). The van der Waals surface area contributed by atoms with Crippen LogP contribution in [0.1, 0.15) is 26.7 Å². The Balaban J connectivity index is 1.80. The maximum Gasteiger partial charge on any atom is 0.195 e. The summed E-state index contributed by atoms with van der Waals surface area (Å²) in [6.45, 7) is 0. The number of para-hydroxylation sites is 1. The molecule has 2 aliphatic rings. The summed E-state index contributed by atoms with van der Waals surface area (Å²) >= 11 is 1.39. The van der Waals surface area contributed by atoms with E-state index in [9.17, 15) is 15.3 Å². The van der Waals surface area contributed by atoms with Crippen LogP contribution in [0.2, 0.25) is 0 Å². The molecule has 3 heterocycles. The highest BCUT2D eigenvalue weighted by Crippen LogP contribution is 2.55. The first-order valence-corrected chi connectivity index (χ1v) is 10.6. The van der Waals surface area contributed by atoms with Crippen molar-refractivity contribution in [2.75, 3.05) is 4.90 Å². The first-order chi connectivity index (χ1) is 14.7. The van der Waals surface area contributed by atoms with Crippen LogP contribution in [-0.2, 0) is 0 Å². The highest BCUT2D eigenvalue weighted by Gasteiger charge is 2.63. The Bertz CT molecular complexity index is 1200. The van der Waals surface area contributed by atoms with Crippen molar-refractivity contribution in [1.82, 2.24) is 0 Å². The van der Waals surface area contributed by atoms with E-state index in [0.29, 0.717) is 4.88 Å². The van der Waals surface area contributed by atoms with Crippen LogP contribution in [0.3, 0.4) is 0 Å². The van der Waals surface area contributed by atoms with Crippen LogP contribution < -0.4 is 4.90 Å². The summed E-state index contributed by atoms with van der Waals surface area (Å²) in [7, 11) is 0. The molecule has 4 nitrogen and oxygen atoms in total. The molecule has 2 aromatic carbocycles. The number of nitrogens with zero attached hydrogens (tertiary/aromatic N) is 3. The van der Waals surface area contributed by atoms with E-state index >= 15 is 0 Å². The average Bonchev–Trinajstić information content (AvgIpc) is 3.44. The Morgan fingerprint density at radius 1 is 0.967 bits per heavy atom. The van der Waals surface area contributed by atoms with Gasteiger partial charge in [0.25, 0.3) is 0 Å². The van der Waals surface area contributed by atoms with Gasteiger partial charge in [0.15, 0.2) is 11.2 Å². The highest BCUT2D eigenvalue weighted by atomic mass is 32.1. The van der Waals surface area contributed by atoms with Crippen LogP contribution in [-0.4, -0.2) is 17.9 Å². The smallest absolute Gasteiger partial charge is 0.195 e. The third-order valence-corrected chi connectivity index (χ3v) is 6.99. The largest absolute Gasteiger partial charge is 0.351 e. The second-order valence-corrected chi connectivity index (χ2v) is 8.49. The van der Waals surface area contributed by atoms with Crippen molar-refractivity contribution >= 4 is 28.9 Å². The lowest BCUT2D eigenvalue weighted by Gasteiger charge is -2.35. The number of nitriles is 2. The van der Waals surface area contributed by atoms with E-state index in [1.165, 1.54) is 11.3 Å². The third-order valence-electron chi connectivity index (χ3n) is 6.11. The molecule has 3 atom stereocenters. The Morgan fingerprint density at radius 2 is 1.70 bits per heavy atom. The van der Waals surface area contributed by atoms with E-state index in [1.54, 1.807) is 0 Å². The molecule has 1 saturated heterocycles. The molecule has 5 heteroatoms. The molecule has 0 radical (unpaired) electrons. The fraction of sp³-hybridized carbons (Fsp3) is 0.160. The van der Waals surface area contributed by atoms with E-state index in [4.69, 9.17) is 0 Å². The minimum absolute atomic E-state index is 0.0543. The summed E-state index contributed by atoms with van der Waals surface area (Å²) in [6.07, 6.45) is 3.87. The van der Waals surface area contributed by atoms with E-state index in [-0.39, 0.29) is 5.78 Å². The van der Waals surface area contributed by atoms with Gasteiger partial charge in [-0.05, 0) is 28.6 Å². The van der Waals surface area contributed by atoms with Gasteiger partial charge < -0.3 is 4.90 Å². The maximum absolute atomic E-state index is 13.8. The Morgan fingerprint density at radius 3 is 2.40 bits per heavy atom. The zero-order valence-corrected chi connectivity index (χ0v) is 16.8. The molecule has 0 saturated carbocycles. The summed E-state index contributed by atoms with van der Waals surface area (Å²) in [6, 6.07) is 24.5. The number of carbonyl (C=O) groups is 1. The molecule has 0 aliphatic carbocycles.